The molecule has 1 aliphatic rings. The third-order valence-electron chi connectivity index (χ3n) is 6.07. The number of hydrogen-bond acceptors (Lipinski definition) is 5. The molecule has 1 heterocycles. The summed E-state index contributed by atoms with van der Waals surface area (Å²) in [6, 6.07) is 7.20. The fourth-order valence-electron chi connectivity index (χ4n) is 3.90. The highest BCUT2D eigenvalue weighted by Gasteiger charge is 2.21. The molecule has 2 rings (SSSR count). The van der Waals surface area contributed by atoms with Gasteiger partial charge < -0.3 is 29.9 Å². The second kappa shape index (κ2) is 15.6. The summed E-state index contributed by atoms with van der Waals surface area (Å²) in [6.45, 7) is 15.5. The number of rotatable bonds is 11. The number of piperidine rings is 1. The van der Waals surface area contributed by atoms with E-state index in [2.05, 4.69) is 59.2 Å². The van der Waals surface area contributed by atoms with Gasteiger partial charge in [0.2, 0.25) is 0 Å². The first kappa shape index (κ1) is 28.8. The van der Waals surface area contributed by atoms with Gasteiger partial charge in [0.15, 0.2) is 17.5 Å². The van der Waals surface area contributed by atoms with Gasteiger partial charge >= 0.3 is 0 Å². The molecule has 1 aliphatic heterocycles. The van der Waals surface area contributed by atoms with Crippen molar-refractivity contribution in [3.63, 3.8) is 0 Å². The van der Waals surface area contributed by atoms with Gasteiger partial charge in [-0.1, -0.05) is 19.9 Å². The third kappa shape index (κ3) is 9.31. The molecule has 0 aliphatic carbocycles. The predicted octanol–water partition coefficient (Wildman–Crippen LogP) is 3.57. The Morgan fingerprint density at radius 3 is 2.44 bits per heavy atom. The molecule has 1 fully saturated rings. The van der Waals surface area contributed by atoms with Crippen LogP contribution in [-0.4, -0.2) is 81.3 Å². The van der Waals surface area contributed by atoms with E-state index >= 15 is 0 Å². The van der Waals surface area contributed by atoms with Gasteiger partial charge in [-0.05, 0) is 57.5 Å². The minimum absolute atomic E-state index is 0. The van der Waals surface area contributed by atoms with Crippen molar-refractivity contribution in [3.05, 3.63) is 23.8 Å². The molecule has 0 spiro atoms. The van der Waals surface area contributed by atoms with Crippen molar-refractivity contribution in [2.75, 3.05) is 53.5 Å². The van der Waals surface area contributed by atoms with Crippen molar-refractivity contribution in [3.8, 4) is 11.5 Å². The van der Waals surface area contributed by atoms with Gasteiger partial charge in [0.1, 0.15) is 6.61 Å². The van der Waals surface area contributed by atoms with Gasteiger partial charge in [0.05, 0.1) is 7.11 Å². The average molecular weight is 562 g/mol. The number of likely N-dealkylation sites (N-methyl/N-ethyl adjacent to an activating group) is 1. The Morgan fingerprint density at radius 2 is 1.88 bits per heavy atom. The molecule has 0 unspecified atom stereocenters. The number of guanidine groups is 1. The van der Waals surface area contributed by atoms with Crippen molar-refractivity contribution in [2.45, 2.75) is 59.2 Å². The third-order valence-corrected chi connectivity index (χ3v) is 6.07. The summed E-state index contributed by atoms with van der Waals surface area (Å²) in [7, 11) is 3.51. The zero-order valence-electron chi connectivity index (χ0n) is 20.8. The molecule has 0 bridgehead atoms. The summed E-state index contributed by atoms with van der Waals surface area (Å²) in [5.74, 6) is 2.40. The predicted molar refractivity (Wildman–Crippen MR) is 145 cm³/mol. The lowest BCUT2D eigenvalue weighted by atomic mass is 10.0. The Balaban J connectivity index is 0.00000512. The van der Waals surface area contributed by atoms with E-state index in [1.165, 1.54) is 0 Å². The monoisotopic (exact) mass is 561 g/mol. The van der Waals surface area contributed by atoms with E-state index in [1.54, 1.807) is 7.11 Å². The maximum absolute atomic E-state index is 5.96. The smallest absolute Gasteiger partial charge is 0.191 e. The van der Waals surface area contributed by atoms with Crippen LogP contribution in [0, 0.1) is 0 Å². The summed E-state index contributed by atoms with van der Waals surface area (Å²) in [4.78, 5) is 9.28. The van der Waals surface area contributed by atoms with Crippen LogP contribution in [0.1, 0.15) is 46.1 Å². The average Bonchev–Trinajstić information content (AvgIpc) is 2.80. The number of benzene rings is 1. The lowest BCUT2D eigenvalue weighted by Gasteiger charge is -2.35. The number of ether oxygens (including phenoxy) is 2. The summed E-state index contributed by atoms with van der Waals surface area (Å²) in [6.07, 6.45) is 2.29. The van der Waals surface area contributed by atoms with E-state index in [-0.39, 0.29) is 24.0 Å². The molecular formula is C24H44IN5O2. The zero-order valence-corrected chi connectivity index (χ0v) is 23.1. The lowest BCUT2D eigenvalue weighted by Crippen LogP contribution is -2.49. The van der Waals surface area contributed by atoms with Crippen LogP contribution >= 0.6 is 24.0 Å². The first-order valence-corrected chi connectivity index (χ1v) is 11.7. The topological polar surface area (TPSA) is 61.4 Å². The van der Waals surface area contributed by atoms with Crippen LogP contribution in [0.5, 0.6) is 11.5 Å². The molecule has 8 heteroatoms. The Bertz CT molecular complexity index is 674. The first-order valence-electron chi connectivity index (χ1n) is 11.7. The van der Waals surface area contributed by atoms with Gasteiger partial charge in [-0.15, -0.1) is 24.0 Å². The van der Waals surface area contributed by atoms with Crippen molar-refractivity contribution < 1.29 is 9.47 Å². The molecule has 0 atom stereocenters. The molecule has 7 nitrogen and oxygen atoms in total. The highest BCUT2D eigenvalue weighted by Crippen LogP contribution is 2.28. The quantitative estimate of drug-likeness (QED) is 0.245. The van der Waals surface area contributed by atoms with Crippen LogP contribution < -0.4 is 20.1 Å². The van der Waals surface area contributed by atoms with Gasteiger partial charge in [-0.2, -0.15) is 0 Å². The minimum Gasteiger partial charge on any atom is -0.493 e. The van der Waals surface area contributed by atoms with Crippen molar-refractivity contribution in [2.24, 2.45) is 4.99 Å². The Kier molecular flexibility index (Phi) is 14.0. The number of likely N-dealkylation sites (tertiary alicyclic amines) is 1. The summed E-state index contributed by atoms with van der Waals surface area (Å²) in [5.41, 5.74) is 1.13. The molecule has 2 N–H and O–H groups in total. The fourth-order valence-corrected chi connectivity index (χ4v) is 3.90. The second-order valence-electron chi connectivity index (χ2n) is 8.33. The summed E-state index contributed by atoms with van der Waals surface area (Å²) >= 11 is 0. The van der Waals surface area contributed by atoms with Crippen molar-refractivity contribution in [1.82, 2.24) is 20.4 Å². The molecule has 0 radical (unpaired) electrons. The molecule has 32 heavy (non-hydrogen) atoms. The first-order chi connectivity index (χ1) is 15.0. The minimum atomic E-state index is 0. The molecule has 1 saturated heterocycles. The number of halogens is 1. The summed E-state index contributed by atoms with van der Waals surface area (Å²) < 4.78 is 11.5. The van der Waals surface area contributed by atoms with Crippen LogP contribution in [0.15, 0.2) is 23.2 Å². The van der Waals surface area contributed by atoms with Crippen LogP contribution in [-0.2, 0) is 6.54 Å². The molecule has 1 aromatic carbocycles. The Labute approximate surface area is 212 Å². The molecular weight excluding hydrogens is 517 g/mol. The fraction of sp³-hybridized carbons (Fsp3) is 0.708. The van der Waals surface area contributed by atoms with Crippen molar-refractivity contribution in [1.29, 1.82) is 0 Å². The van der Waals surface area contributed by atoms with E-state index in [0.717, 1.165) is 68.6 Å². The highest BCUT2D eigenvalue weighted by atomic mass is 127. The Hall–Kier alpha value is -1.26. The van der Waals surface area contributed by atoms with Crippen LogP contribution in [0.2, 0.25) is 0 Å². The SMILES string of the molecule is CCN(CC)CCOc1ccc(CNC(=NC)NC2CCN(C(C)C)CC2)cc1OC.I. The van der Waals surface area contributed by atoms with Gasteiger partial charge in [0.25, 0.3) is 0 Å². The highest BCUT2D eigenvalue weighted by molar-refractivity contribution is 14.0. The number of aliphatic imine (C=N–C) groups is 1. The van der Waals surface area contributed by atoms with Crippen molar-refractivity contribution >= 4 is 29.9 Å². The van der Waals surface area contributed by atoms with Gasteiger partial charge in [-0.25, -0.2) is 0 Å². The molecule has 0 aromatic heterocycles. The molecule has 0 saturated carbocycles. The van der Waals surface area contributed by atoms with E-state index in [0.29, 0.717) is 25.2 Å². The molecule has 184 valence electrons. The van der Waals surface area contributed by atoms with E-state index in [4.69, 9.17) is 9.47 Å². The Morgan fingerprint density at radius 1 is 1.19 bits per heavy atom. The van der Waals surface area contributed by atoms with Gasteiger partial charge in [0, 0.05) is 45.3 Å². The van der Waals surface area contributed by atoms with E-state index in [1.807, 2.05) is 19.2 Å². The van der Waals surface area contributed by atoms with Gasteiger partial charge in [-0.3, -0.25) is 4.99 Å². The standard InChI is InChI=1S/C24H43N5O2.HI/c1-7-28(8-2)15-16-31-22-10-9-20(17-23(22)30-6)18-26-24(25-5)27-21-11-13-29(14-12-21)19(3)4;/h9-10,17,19,21H,7-8,11-16,18H2,1-6H3,(H2,25,26,27);1H. The van der Waals surface area contributed by atoms with E-state index in [9.17, 15) is 0 Å². The largest absolute Gasteiger partial charge is 0.493 e. The lowest BCUT2D eigenvalue weighted by molar-refractivity contribution is 0.167. The maximum atomic E-state index is 5.96. The van der Waals surface area contributed by atoms with Crippen LogP contribution in [0.4, 0.5) is 0 Å². The molecule has 0 amide bonds. The van der Waals surface area contributed by atoms with Crippen LogP contribution in [0.25, 0.3) is 0 Å². The number of nitrogens with zero attached hydrogens (tertiary/aromatic N) is 3. The van der Waals surface area contributed by atoms with E-state index < -0.39 is 0 Å². The number of methoxy groups -OCH3 is 1. The zero-order chi connectivity index (χ0) is 22.6. The number of hydrogen-bond donors (Lipinski definition) is 2. The molecule has 1 aromatic rings. The van der Waals surface area contributed by atoms with Crippen LogP contribution in [0.3, 0.4) is 0 Å². The maximum Gasteiger partial charge on any atom is 0.191 e. The normalized spacial score (nSPS) is 15.6. The number of nitrogens with one attached hydrogen (secondary N) is 2. The summed E-state index contributed by atoms with van der Waals surface area (Å²) in [5, 5.41) is 7.01. The second-order valence-corrected chi connectivity index (χ2v) is 8.33.